The van der Waals surface area contributed by atoms with Gasteiger partial charge in [0.15, 0.2) is 0 Å². The van der Waals surface area contributed by atoms with Crippen LogP contribution in [0.15, 0.2) is 42.5 Å². The molecular weight excluding hydrogens is 428 g/mol. The number of hydrogen-bond acceptors (Lipinski definition) is 4. The molecule has 0 aliphatic carbocycles. The lowest BCUT2D eigenvalue weighted by Gasteiger charge is -2.21. The molecule has 3 rings (SSSR count). The van der Waals surface area contributed by atoms with Crippen LogP contribution in [-0.4, -0.2) is 50.6 Å². The minimum atomic E-state index is -0.374. The van der Waals surface area contributed by atoms with Crippen molar-refractivity contribution >= 4 is 23.4 Å². The second-order valence-corrected chi connectivity index (χ2v) is 8.95. The smallest absolute Gasteiger partial charge is 0.253 e. The first kappa shape index (κ1) is 23.9. The second-order valence-electron chi connectivity index (χ2n) is 8.51. The van der Waals surface area contributed by atoms with Gasteiger partial charge in [0.1, 0.15) is 11.5 Å². The van der Waals surface area contributed by atoms with Crippen LogP contribution in [-0.2, 0) is 4.79 Å². The Hall–Kier alpha value is -2.73. The van der Waals surface area contributed by atoms with Gasteiger partial charge in [-0.15, -0.1) is 0 Å². The molecule has 0 spiro atoms. The average Bonchev–Trinajstić information content (AvgIpc) is 3.23. The number of likely N-dealkylation sites (tertiary alicyclic amines) is 1. The summed E-state index contributed by atoms with van der Waals surface area (Å²) in [7, 11) is 3.20. The molecule has 2 atom stereocenters. The van der Waals surface area contributed by atoms with E-state index in [1.54, 1.807) is 43.4 Å². The highest BCUT2D eigenvalue weighted by atomic mass is 35.5. The highest BCUT2D eigenvalue weighted by Gasteiger charge is 2.41. The van der Waals surface area contributed by atoms with Crippen molar-refractivity contribution in [1.29, 1.82) is 0 Å². The maximum absolute atomic E-state index is 13.2. The molecule has 0 radical (unpaired) electrons. The molecule has 7 heteroatoms. The average molecular weight is 459 g/mol. The molecule has 2 aromatic rings. The molecule has 0 aromatic heterocycles. The summed E-state index contributed by atoms with van der Waals surface area (Å²) in [6, 6.07) is 12.4. The number of carbonyl (C=O) groups excluding carboxylic acids is 2. The molecule has 6 nitrogen and oxygen atoms in total. The highest BCUT2D eigenvalue weighted by Crippen LogP contribution is 2.39. The van der Waals surface area contributed by atoms with E-state index in [2.05, 4.69) is 19.2 Å². The van der Waals surface area contributed by atoms with Crippen LogP contribution in [0.25, 0.3) is 0 Å². The summed E-state index contributed by atoms with van der Waals surface area (Å²) in [4.78, 5) is 28.1. The molecule has 1 saturated heterocycles. The molecule has 1 fully saturated rings. The Morgan fingerprint density at radius 1 is 1.09 bits per heavy atom. The van der Waals surface area contributed by atoms with Crippen LogP contribution in [0.5, 0.6) is 11.5 Å². The minimum absolute atomic E-state index is 0.0417. The van der Waals surface area contributed by atoms with Gasteiger partial charge in [-0.2, -0.15) is 0 Å². The summed E-state index contributed by atoms with van der Waals surface area (Å²) in [5, 5.41) is 3.64. The van der Waals surface area contributed by atoms with Gasteiger partial charge in [-0.25, -0.2) is 0 Å². The number of ether oxygens (including phenoxy) is 2. The summed E-state index contributed by atoms with van der Waals surface area (Å²) >= 11 is 5.97. The number of halogens is 1. The predicted octanol–water partition coefficient (Wildman–Crippen LogP) is 4.38. The van der Waals surface area contributed by atoms with Crippen LogP contribution < -0.4 is 14.8 Å². The maximum Gasteiger partial charge on any atom is 0.253 e. The van der Waals surface area contributed by atoms with E-state index in [1.807, 2.05) is 18.2 Å². The number of amides is 2. The molecule has 0 unspecified atom stereocenters. The Morgan fingerprint density at radius 2 is 1.81 bits per heavy atom. The van der Waals surface area contributed by atoms with Crippen molar-refractivity contribution in [1.82, 2.24) is 10.2 Å². The van der Waals surface area contributed by atoms with Crippen molar-refractivity contribution in [3.63, 3.8) is 0 Å². The third kappa shape index (κ3) is 5.54. The maximum atomic E-state index is 13.2. The number of nitrogens with one attached hydrogen (secondary N) is 1. The molecule has 32 heavy (non-hydrogen) atoms. The van der Waals surface area contributed by atoms with Crippen molar-refractivity contribution < 1.29 is 19.1 Å². The number of carbonyl (C=O) groups is 2. The lowest BCUT2D eigenvalue weighted by molar-refractivity contribution is -0.124. The van der Waals surface area contributed by atoms with E-state index in [9.17, 15) is 9.59 Å². The normalized spacial score (nSPS) is 18.0. The zero-order chi connectivity index (χ0) is 23.3. The van der Waals surface area contributed by atoms with Gasteiger partial charge >= 0.3 is 0 Å². The van der Waals surface area contributed by atoms with E-state index < -0.39 is 0 Å². The highest BCUT2D eigenvalue weighted by molar-refractivity contribution is 6.30. The second kappa shape index (κ2) is 10.7. The lowest BCUT2D eigenvalue weighted by Crippen LogP contribution is -2.36. The van der Waals surface area contributed by atoms with Crippen LogP contribution in [0.1, 0.15) is 42.1 Å². The van der Waals surface area contributed by atoms with E-state index in [1.165, 1.54) is 0 Å². The van der Waals surface area contributed by atoms with Crippen molar-refractivity contribution in [3.8, 4) is 11.5 Å². The summed E-state index contributed by atoms with van der Waals surface area (Å²) in [5.74, 6) is 1.11. The van der Waals surface area contributed by atoms with Gasteiger partial charge < -0.3 is 19.7 Å². The van der Waals surface area contributed by atoms with Gasteiger partial charge in [0.2, 0.25) is 5.91 Å². The van der Waals surface area contributed by atoms with Crippen LogP contribution >= 0.6 is 11.6 Å². The summed E-state index contributed by atoms with van der Waals surface area (Å²) in [5.41, 5.74) is 1.44. The fourth-order valence-corrected chi connectivity index (χ4v) is 4.19. The van der Waals surface area contributed by atoms with Gasteiger partial charge in [0.25, 0.3) is 5.91 Å². The zero-order valence-corrected chi connectivity index (χ0v) is 19.8. The van der Waals surface area contributed by atoms with Gasteiger partial charge in [-0.3, -0.25) is 9.59 Å². The van der Waals surface area contributed by atoms with Crippen molar-refractivity contribution in [2.24, 2.45) is 11.8 Å². The van der Waals surface area contributed by atoms with E-state index in [4.69, 9.17) is 21.1 Å². The quantitative estimate of drug-likeness (QED) is 0.637. The first-order chi connectivity index (χ1) is 15.3. The van der Waals surface area contributed by atoms with E-state index in [-0.39, 0.29) is 23.7 Å². The fourth-order valence-electron chi connectivity index (χ4n) is 4.07. The minimum Gasteiger partial charge on any atom is -0.497 e. The fraction of sp³-hybridized carbons (Fsp3) is 0.440. The molecule has 1 aliphatic heterocycles. The zero-order valence-electron chi connectivity index (χ0n) is 19.1. The van der Waals surface area contributed by atoms with E-state index in [0.29, 0.717) is 47.6 Å². The summed E-state index contributed by atoms with van der Waals surface area (Å²) in [6.45, 7) is 5.63. The third-order valence-electron chi connectivity index (χ3n) is 5.90. The van der Waals surface area contributed by atoms with Crippen molar-refractivity contribution in [2.45, 2.75) is 26.2 Å². The molecule has 0 bridgehead atoms. The Balaban J connectivity index is 1.88. The predicted molar refractivity (Wildman–Crippen MR) is 126 cm³/mol. The van der Waals surface area contributed by atoms with Crippen LogP contribution in [0.3, 0.4) is 0 Å². The first-order valence-electron chi connectivity index (χ1n) is 10.9. The molecule has 172 valence electrons. The Kier molecular flexibility index (Phi) is 8.02. The Labute approximate surface area is 194 Å². The van der Waals surface area contributed by atoms with E-state index >= 15 is 0 Å². The van der Waals surface area contributed by atoms with Gasteiger partial charge in [0.05, 0.1) is 20.1 Å². The number of methoxy groups -OCH3 is 2. The van der Waals surface area contributed by atoms with Crippen LogP contribution in [0.4, 0.5) is 0 Å². The third-order valence-corrected chi connectivity index (χ3v) is 6.15. The summed E-state index contributed by atoms with van der Waals surface area (Å²) in [6.07, 6.45) is 0.905. The summed E-state index contributed by atoms with van der Waals surface area (Å²) < 4.78 is 10.9. The number of rotatable bonds is 8. The monoisotopic (exact) mass is 458 g/mol. The molecule has 1 heterocycles. The molecule has 1 aliphatic rings. The molecule has 2 amide bonds. The number of nitrogens with zero attached hydrogens (tertiary/aromatic N) is 1. The van der Waals surface area contributed by atoms with Gasteiger partial charge in [-0.05, 0) is 42.7 Å². The number of benzene rings is 2. The Bertz CT molecular complexity index is 945. The molecular formula is C25H31ClN2O4. The van der Waals surface area contributed by atoms with E-state index in [0.717, 1.165) is 12.0 Å². The molecule has 0 saturated carbocycles. The molecule has 2 aromatic carbocycles. The van der Waals surface area contributed by atoms with Gasteiger partial charge in [-0.1, -0.05) is 31.5 Å². The van der Waals surface area contributed by atoms with Crippen molar-refractivity contribution in [2.75, 3.05) is 33.9 Å². The topological polar surface area (TPSA) is 67.9 Å². The Morgan fingerprint density at radius 3 is 2.44 bits per heavy atom. The standard InChI is InChI=1S/C25H31ClN2O4/c1-16(2)11-12-27-24(29)22-15-28(25(30)17-5-7-18(26)8-6-17)14-21(22)20-10-9-19(31-3)13-23(20)32-4/h5-10,13,16,21-22H,11-12,14-15H2,1-4H3,(H,27,29)/t21-,22-/m0/s1. The SMILES string of the molecule is COc1ccc([C@@H]2CN(C(=O)c3ccc(Cl)cc3)C[C@@H]2C(=O)NCCC(C)C)c(OC)c1. The van der Waals surface area contributed by atoms with Crippen molar-refractivity contribution in [3.05, 3.63) is 58.6 Å². The first-order valence-corrected chi connectivity index (χ1v) is 11.3. The van der Waals surface area contributed by atoms with Crippen LogP contribution in [0, 0.1) is 11.8 Å². The van der Waals surface area contributed by atoms with Gasteiger partial charge in [0, 0.05) is 47.8 Å². The van der Waals surface area contributed by atoms with Crippen LogP contribution in [0.2, 0.25) is 5.02 Å². The lowest BCUT2D eigenvalue weighted by atomic mass is 9.87. The number of hydrogen-bond donors (Lipinski definition) is 1. The largest absolute Gasteiger partial charge is 0.497 e. The molecule has 1 N–H and O–H groups in total.